The lowest BCUT2D eigenvalue weighted by atomic mass is 9.89. The van der Waals surface area contributed by atoms with Crippen LogP contribution in [-0.2, 0) is 0 Å². The molecular weight excluding hydrogens is 227 g/mol. The monoisotopic (exact) mass is 241 g/mol. The van der Waals surface area contributed by atoms with E-state index in [1.807, 2.05) is 0 Å². The molecule has 3 atom stereocenters. The van der Waals surface area contributed by atoms with E-state index in [4.69, 9.17) is 5.73 Å². The smallest absolute Gasteiger partial charge is 0.161 e. The molecule has 1 aromatic carbocycles. The van der Waals surface area contributed by atoms with Gasteiger partial charge in [-0.2, -0.15) is 0 Å². The van der Waals surface area contributed by atoms with Crippen molar-refractivity contribution in [3.8, 4) is 0 Å². The maximum atomic E-state index is 13.6. The zero-order chi connectivity index (χ0) is 12.2. The standard InChI is InChI=1S/C13H14F3N/c14-10-5-12(16)11(15)4-9(10)13(17)8-2-6-1-7(6)3-8/h4-8,13H,1-3,17H2. The molecule has 0 radical (unpaired) electrons. The minimum absolute atomic E-state index is 0.107. The average molecular weight is 241 g/mol. The van der Waals surface area contributed by atoms with E-state index in [9.17, 15) is 13.2 Å². The van der Waals surface area contributed by atoms with Gasteiger partial charge >= 0.3 is 0 Å². The number of halogens is 3. The van der Waals surface area contributed by atoms with Crippen molar-refractivity contribution < 1.29 is 13.2 Å². The van der Waals surface area contributed by atoms with Crippen LogP contribution in [0.25, 0.3) is 0 Å². The number of hydrogen-bond acceptors (Lipinski definition) is 1. The van der Waals surface area contributed by atoms with Crippen molar-refractivity contribution >= 4 is 0 Å². The molecule has 0 bridgehead atoms. The fourth-order valence-corrected chi connectivity index (χ4v) is 3.10. The Kier molecular flexibility index (Phi) is 2.43. The van der Waals surface area contributed by atoms with Gasteiger partial charge in [-0.1, -0.05) is 0 Å². The van der Waals surface area contributed by atoms with E-state index in [1.54, 1.807) is 0 Å². The maximum Gasteiger partial charge on any atom is 0.161 e. The van der Waals surface area contributed by atoms with Crippen molar-refractivity contribution in [1.82, 2.24) is 0 Å². The summed E-state index contributed by atoms with van der Waals surface area (Å²) in [5.74, 6) is -1.25. The van der Waals surface area contributed by atoms with Crippen molar-refractivity contribution in [2.75, 3.05) is 0 Å². The molecule has 0 aliphatic heterocycles. The zero-order valence-electron chi connectivity index (χ0n) is 9.30. The van der Waals surface area contributed by atoms with E-state index in [1.165, 1.54) is 6.42 Å². The molecule has 1 aromatic rings. The minimum Gasteiger partial charge on any atom is -0.324 e. The molecule has 3 rings (SSSR count). The summed E-state index contributed by atoms with van der Waals surface area (Å²) in [4.78, 5) is 0. The van der Waals surface area contributed by atoms with Crippen LogP contribution in [0.3, 0.4) is 0 Å². The Hall–Kier alpha value is -1.03. The maximum absolute atomic E-state index is 13.6. The highest BCUT2D eigenvalue weighted by Crippen LogP contribution is 2.56. The molecule has 0 spiro atoms. The van der Waals surface area contributed by atoms with Gasteiger partial charge in [0.05, 0.1) is 0 Å². The predicted molar refractivity (Wildman–Crippen MR) is 57.6 cm³/mol. The van der Waals surface area contributed by atoms with E-state index in [2.05, 4.69) is 0 Å². The van der Waals surface area contributed by atoms with Crippen molar-refractivity contribution in [1.29, 1.82) is 0 Å². The summed E-state index contributed by atoms with van der Waals surface area (Å²) in [7, 11) is 0. The zero-order valence-corrected chi connectivity index (χ0v) is 9.30. The molecule has 2 fully saturated rings. The largest absolute Gasteiger partial charge is 0.324 e. The second-order valence-corrected chi connectivity index (χ2v) is 5.30. The summed E-state index contributed by atoms with van der Waals surface area (Å²) in [5, 5.41) is 0. The van der Waals surface area contributed by atoms with E-state index in [-0.39, 0.29) is 11.5 Å². The molecule has 0 aromatic heterocycles. The van der Waals surface area contributed by atoms with E-state index < -0.39 is 23.5 Å². The van der Waals surface area contributed by atoms with Crippen molar-refractivity contribution in [2.24, 2.45) is 23.5 Å². The van der Waals surface area contributed by atoms with Gasteiger partial charge in [0, 0.05) is 17.7 Å². The summed E-state index contributed by atoms with van der Waals surface area (Å²) in [5.41, 5.74) is 6.08. The number of nitrogens with two attached hydrogens (primary N) is 1. The van der Waals surface area contributed by atoms with Gasteiger partial charge < -0.3 is 5.73 Å². The molecule has 4 heteroatoms. The predicted octanol–water partition coefficient (Wildman–Crippen LogP) is 3.15. The molecule has 2 N–H and O–H groups in total. The first-order chi connectivity index (χ1) is 8.06. The van der Waals surface area contributed by atoms with Crippen LogP contribution in [0.15, 0.2) is 12.1 Å². The average Bonchev–Trinajstić information content (AvgIpc) is 2.90. The molecule has 0 heterocycles. The Labute approximate surface area is 97.8 Å². The van der Waals surface area contributed by atoms with Crippen LogP contribution in [0.5, 0.6) is 0 Å². The van der Waals surface area contributed by atoms with E-state index in [0.717, 1.165) is 30.7 Å². The van der Waals surface area contributed by atoms with Gasteiger partial charge in [-0.15, -0.1) is 0 Å². The lowest BCUT2D eigenvalue weighted by Gasteiger charge is -2.21. The Balaban J connectivity index is 1.85. The number of benzene rings is 1. The second-order valence-electron chi connectivity index (χ2n) is 5.30. The molecule has 2 aliphatic rings. The first-order valence-electron chi connectivity index (χ1n) is 5.96. The molecule has 0 amide bonds. The molecule has 3 unspecified atom stereocenters. The van der Waals surface area contributed by atoms with Gasteiger partial charge in [-0.25, -0.2) is 13.2 Å². The summed E-state index contributed by atoms with van der Waals surface area (Å²) >= 11 is 0. The van der Waals surface area contributed by atoms with Crippen LogP contribution in [0.4, 0.5) is 13.2 Å². The van der Waals surface area contributed by atoms with Gasteiger partial charge in [0.25, 0.3) is 0 Å². The van der Waals surface area contributed by atoms with Crippen LogP contribution >= 0.6 is 0 Å². The van der Waals surface area contributed by atoms with Crippen LogP contribution in [0, 0.1) is 35.2 Å². The van der Waals surface area contributed by atoms with Gasteiger partial charge in [-0.05, 0) is 43.1 Å². The highest BCUT2D eigenvalue weighted by Gasteiger charge is 2.47. The summed E-state index contributed by atoms with van der Waals surface area (Å²) in [6, 6.07) is 0.970. The highest BCUT2D eigenvalue weighted by atomic mass is 19.2. The van der Waals surface area contributed by atoms with E-state index >= 15 is 0 Å². The molecule has 2 aliphatic carbocycles. The first-order valence-corrected chi connectivity index (χ1v) is 5.96. The molecule has 2 saturated carbocycles. The molecule has 0 saturated heterocycles. The first kappa shape index (κ1) is 11.1. The third kappa shape index (κ3) is 1.84. The normalized spacial score (nSPS) is 32.4. The van der Waals surface area contributed by atoms with Crippen LogP contribution in [0.1, 0.15) is 30.9 Å². The Bertz CT molecular complexity index is 450. The fraction of sp³-hybridized carbons (Fsp3) is 0.538. The summed E-state index contributed by atoms with van der Waals surface area (Å²) < 4.78 is 39.5. The molecule has 1 nitrogen and oxygen atoms in total. The van der Waals surface area contributed by atoms with Crippen molar-refractivity contribution in [3.63, 3.8) is 0 Å². The number of rotatable bonds is 2. The van der Waals surface area contributed by atoms with Gasteiger partial charge in [0.15, 0.2) is 11.6 Å². The van der Waals surface area contributed by atoms with Gasteiger partial charge in [0.2, 0.25) is 0 Å². The van der Waals surface area contributed by atoms with Crippen molar-refractivity contribution in [2.45, 2.75) is 25.3 Å². The quantitative estimate of drug-likeness (QED) is 0.791. The SMILES string of the molecule is NC(c1cc(F)c(F)cc1F)C1CC2CC2C1. The van der Waals surface area contributed by atoms with Gasteiger partial charge in [-0.3, -0.25) is 0 Å². The van der Waals surface area contributed by atoms with Crippen LogP contribution in [-0.4, -0.2) is 0 Å². The number of fused-ring (bicyclic) bond motifs is 1. The second kappa shape index (κ2) is 3.73. The Morgan fingerprint density at radius 3 is 2.18 bits per heavy atom. The van der Waals surface area contributed by atoms with Crippen LogP contribution < -0.4 is 5.73 Å². The number of hydrogen-bond donors (Lipinski definition) is 1. The van der Waals surface area contributed by atoms with Crippen LogP contribution in [0.2, 0.25) is 0 Å². The van der Waals surface area contributed by atoms with E-state index in [0.29, 0.717) is 6.07 Å². The third-order valence-electron chi connectivity index (χ3n) is 4.19. The summed E-state index contributed by atoms with van der Waals surface area (Å²) in [6.07, 6.45) is 3.23. The lowest BCUT2D eigenvalue weighted by molar-refractivity contribution is 0.388. The minimum atomic E-state index is -1.16. The van der Waals surface area contributed by atoms with Crippen molar-refractivity contribution in [3.05, 3.63) is 35.1 Å². The Morgan fingerprint density at radius 1 is 0.941 bits per heavy atom. The topological polar surface area (TPSA) is 26.0 Å². The van der Waals surface area contributed by atoms with Gasteiger partial charge in [0.1, 0.15) is 5.82 Å². The Morgan fingerprint density at radius 2 is 1.53 bits per heavy atom. The summed E-state index contributed by atoms with van der Waals surface area (Å²) in [6.45, 7) is 0. The highest BCUT2D eigenvalue weighted by molar-refractivity contribution is 5.24. The third-order valence-corrected chi connectivity index (χ3v) is 4.19. The fourth-order valence-electron chi connectivity index (χ4n) is 3.10. The molecule has 17 heavy (non-hydrogen) atoms. The molecule has 92 valence electrons. The molecular formula is C13H14F3N. The lowest BCUT2D eigenvalue weighted by Crippen LogP contribution is -2.22.